The summed E-state index contributed by atoms with van der Waals surface area (Å²) < 4.78 is 1.82. The van der Waals surface area contributed by atoms with Gasteiger partial charge >= 0.3 is 0 Å². The van der Waals surface area contributed by atoms with Crippen LogP contribution in [0.15, 0.2) is 24.7 Å². The zero-order chi connectivity index (χ0) is 13.7. The molecule has 6 heteroatoms. The maximum atomic E-state index is 12.3. The van der Waals surface area contributed by atoms with E-state index in [2.05, 4.69) is 15.6 Å². The van der Waals surface area contributed by atoms with Crippen LogP contribution in [0.25, 0.3) is 5.52 Å². The van der Waals surface area contributed by atoms with Crippen molar-refractivity contribution in [2.75, 3.05) is 0 Å². The smallest absolute Gasteiger partial charge is 0.271 e. The number of carbonyl (C=O) groups excluding carboxylic acids is 1. The number of nitrogens with zero attached hydrogens (tertiary/aromatic N) is 2. The van der Waals surface area contributed by atoms with Gasteiger partial charge in [0, 0.05) is 30.5 Å². The number of fused-ring (bicyclic) bond motifs is 3. The zero-order valence-electron chi connectivity index (χ0n) is 10.8. The highest BCUT2D eigenvalue weighted by Crippen LogP contribution is 2.28. The molecule has 2 saturated heterocycles. The third kappa shape index (κ3) is 1.89. The van der Waals surface area contributed by atoms with Crippen LogP contribution in [0.5, 0.6) is 0 Å². The lowest BCUT2D eigenvalue weighted by Gasteiger charge is -2.21. The van der Waals surface area contributed by atoms with Crippen LogP contribution in [0.4, 0.5) is 0 Å². The van der Waals surface area contributed by atoms with Crippen molar-refractivity contribution in [1.29, 1.82) is 0 Å². The quantitative estimate of drug-likeness (QED) is 0.883. The molecule has 2 aromatic heterocycles. The predicted octanol–water partition coefficient (Wildman–Crippen LogP) is 1.61. The lowest BCUT2D eigenvalue weighted by atomic mass is 9.95. The van der Waals surface area contributed by atoms with Gasteiger partial charge in [-0.1, -0.05) is 11.6 Å². The standard InChI is InChI=1S/C14H15ClN4O/c15-9-3-4-19-7-12(16-6-13(9)19)14(20)18-11-5-8-1-2-10(11)17-8/h3-4,6-8,10-11,17H,1-2,5H2,(H,18,20)/t8-,10+,11-/m1/s1. The molecule has 2 N–H and O–H groups in total. The molecule has 0 unspecified atom stereocenters. The van der Waals surface area contributed by atoms with E-state index in [0.29, 0.717) is 22.8 Å². The molecule has 2 bridgehead atoms. The van der Waals surface area contributed by atoms with Gasteiger partial charge in [-0.2, -0.15) is 0 Å². The molecule has 4 rings (SSSR count). The zero-order valence-corrected chi connectivity index (χ0v) is 11.6. The Labute approximate surface area is 121 Å². The van der Waals surface area contributed by atoms with Crippen molar-refractivity contribution in [3.05, 3.63) is 35.4 Å². The fraction of sp³-hybridized carbons (Fsp3) is 0.429. The van der Waals surface area contributed by atoms with Gasteiger partial charge in [0.1, 0.15) is 5.69 Å². The monoisotopic (exact) mass is 290 g/mol. The summed E-state index contributed by atoms with van der Waals surface area (Å²) in [5.41, 5.74) is 1.23. The summed E-state index contributed by atoms with van der Waals surface area (Å²) in [5.74, 6) is -0.115. The highest BCUT2D eigenvalue weighted by atomic mass is 35.5. The molecule has 0 spiro atoms. The summed E-state index contributed by atoms with van der Waals surface area (Å²) >= 11 is 6.02. The lowest BCUT2D eigenvalue weighted by Crippen LogP contribution is -2.43. The van der Waals surface area contributed by atoms with Crippen LogP contribution in [0.1, 0.15) is 29.8 Å². The Morgan fingerprint density at radius 1 is 1.50 bits per heavy atom. The fourth-order valence-electron chi connectivity index (χ4n) is 3.31. The van der Waals surface area contributed by atoms with Gasteiger partial charge in [0.05, 0.1) is 16.7 Å². The van der Waals surface area contributed by atoms with Crippen LogP contribution in [0, 0.1) is 0 Å². The molecule has 0 radical (unpaired) electrons. The van der Waals surface area contributed by atoms with Crippen molar-refractivity contribution >= 4 is 23.0 Å². The van der Waals surface area contributed by atoms with Crippen LogP contribution < -0.4 is 10.6 Å². The van der Waals surface area contributed by atoms with E-state index < -0.39 is 0 Å². The van der Waals surface area contributed by atoms with Gasteiger partial charge in [0.25, 0.3) is 5.91 Å². The molecule has 104 valence electrons. The van der Waals surface area contributed by atoms with E-state index in [1.54, 1.807) is 18.5 Å². The summed E-state index contributed by atoms with van der Waals surface area (Å²) in [4.78, 5) is 16.5. The molecule has 3 atom stereocenters. The summed E-state index contributed by atoms with van der Waals surface area (Å²) in [6.45, 7) is 0. The van der Waals surface area contributed by atoms with E-state index in [9.17, 15) is 4.79 Å². The Morgan fingerprint density at radius 2 is 2.40 bits per heavy atom. The number of aromatic nitrogens is 2. The van der Waals surface area contributed by atoms with Gasteiger partial charge in [0.2, 0.25) is 0 Å². The van der Waals surface area contributed by atoms with Crippen molar-refractivity contribution in [3.63, 3.8) is 0 Å². The maximum absolute atomic E-state index is 12.3. The molecular weight excluding hydrogens is 276 g/mol. The van der Waals surface area contributed by atoms with Crippen molar-refractivity contribution < 1.29 is 4.79 Å². The van der Waals surface area contributed by atoms with Crippen molar-refractivity contribution in [2.24, 2.45) is 0 Å². The Morgan fingerprint density at radius 3 is 3.15 bits per heavy atom. The number of amides is 1. The van der Waals surface area contributed by atoms with Gasteiger partial charge in [-0.3, -0.25) is 4.79 Å². The van der Waals surface area contributed by atoms with Gasteiger partial charge < -0.3 is 15.0 Å². The van der Waals surface area contributed by atoms with E-state index in [4.69, 9.17) is 11.6 Å². The topological polar surface area (TPSA) is 58.4 Å². The predicted molar refractivity (Wildman–Crippen MR) is 76.0 cm³/mol. The highest BCUT2D eigenvalue weighted by molar-refractivity contribution is 6.33. The van der Waals surface area contributed by atoms with E-state index in [-0.39, 0.29) is 11.9 Å². The van der Waals surface area contributed by atoms with Crippen molar-refractivity contribution in [3.8, 4) is 0 Å². The summed E-state index contributed by atoms with van der Waals surface area (Å²) in [6, 6.07) is 3.02. The van der Waals surface area contributed by atoms with E-state index >= 15 is 0 Å². The van der Waals surface area contributed by atoms with Gasteiger partial charge in [0.15, 0.2) is 0 Å². The number of nitrogens with one attached hydrogen (secondary N) is 2. The normalized spacial score (nSPS) is 28.1. The Hall–Kier alpha value is -1.59. The third-order valence-corrected chi connectivity index (χ3v) is 4.66. The van der Waals surface area contributed by atoms with Crippen LogP contribution >= 0.6 is 11.6 Å². The van der Waals surface area contributed by atoms with Crippen molar-refractivity contribution in [2.45, 2.75) is 37.4 Å². The second-order valence-electron chi connectivity index (χ2n) is 5.59. The minimum atomic E-state index is -0.115. The van der Waals surface area contributed by atoms with Crippen molar-refractivity contribution in [1.82, 2.24) is 20.0 Å². The average molecular weight is 291 g/mol. The van der Waals surface area contributed by atoms with E-state index in [0.717, 1.165) is 18.4 Å². The average Bonchev–Trinajstić information content (AvgIpc) is 3.14. The minimum Gasteiger partial charge on any atom is -0.346 e. The summed E-state index contributed by atoms with van der Waals surface area (Å²) in [5, 5.41) is 7.24. The fourth-order valence-corrected chi connectivity index (χ4v) is 3.52. The first-order valence-corrected chi connectivity index (χ1v) is 7.27. The first-order chi connectivity index (χ1) is 9.70. The van der Waals surface area contributed by atoms with Crippen LogP contribution in [0.3, 0.4) is 0 Å². The Bertz CT molecular complexity index is 683. The van der Waals surface area contributed by atoms with Gasteiger partial charge in [-0.15, -0.1) is 0 Å². The van der Waals surface area contributed by atoms with Crippen LogP contribution in [-0.2, 0) is 0 Å². The first-order valence-electron chi connectivity index (χ1n) is 6.90. The summed E-state index contributed by atoms with van der Waals surface area (Å²) in [6.07, 6.45) is 8.58. The molecule has 5 nitrogen and oxygen atoms in total. The summed E-state index contributed by atoms with van der Waals surface area (Å²) in [7, 11) is 0. The number of rotatable bonds is 2. The number of hydrogen-bond acceptors (Lipinski definition) is 3. The maximum Gasteiger partial charge on any atom is 0.271 e. The molecular formula is C14H15ClN4O. The molecule has 2 aliphatic rings. The largest absolute Gasteiger partial charge is 0.346 e. The second-order valence-corrected chi connectivity index (χ2v) is 6.00. The first kappa shape index (κ1) is 12.2. The number of carbonyl (C=O) groups is 1. The molecule has 4 heterocycles. The molecule has 0 saturated carbocycles. The molecule has 2 aromatic rings. The number of halogens is 1. The van der Waals surface area contributed by atoms with E-state index in [1.807, 2.05) is 10.6 Å². The molecule has 2 fully saturated rings. The molecule has 20 heavy (non-hydrogen) atoms. The molecule has 0 aliphatic carbocycles. The minimum absolute atomic E-state index is 0.115. The molecule has 0 aromatic carbocycles. The van der Waals surface area contributed by atoms with Gasteiger partial charge in [-0.05, 0) is 25.3 Å². The third-order valence-electron chi connectivity index (χ3n) is 4.34. The molecule has 1 amide bonds. The SMILES string of the molecule is O=C(N[C@@H]1C[C@H]2CC[C@@H]1N2)c1cn2ccc(Cl)c2cn1. The van der Waals surface area contributed by atoms with E-state index in [1.165, 1.54) is 6.42 Å². The lowest BCUT2D eigenvalue weighted by molar-refractivity contribution is 0.0925. The van der Waals surface area contributed by atoms with Crippen LogP contribution in [-0.4, -0.2) is 33.4 Å². The Kier molecular flexibility index (Phi) is 2.72. The number of hydrogen-bond donors (Lipinski definition) is 2. The second kappa shape index (κ2) is 4.46. The highest BCUT2D eigenvalue weighted by Gasteiger charge is 2.39. The van der Waals surface area contributed by atoms with Gasteiger partial charge in [-0.25, -0.2) is 4.98 Å². The van der Waals surface area contributed by atoms with Crippen LogP contribution in [0.2, 0.25) is 5.02 Å². The Balaban J connectivity index is 1.54. The molecule has 2 aliphatic heterocycles.